The van der Waals surface area contributed by atoms with Gasteiger partial charge >= 0.3 is 5.97 Å². The van der Waals surface area contributed by atoms with Gasteiger partial charge in [0.05, 0.1) is 7.11 Å². The molecule has 0 radical (unpaired) electrons. The van der Waals surface area contributed by atoms with E-state index in [1.54, 1.807) is 0 Å². The lowest BCUT2D eigenvalue weighted by Gasteiger charge is -2.18. The summed E-state index contributed by atoms with van der Waals surface area (Å²) in [5, 5.41) is 3.13. The first-order chi connectivity index (χ1) is 9.10. The van der Waals surface area contributed by atoms with Crippen LogP contribution in [0.15, 0.2) is 18.2 Å². The molecule has 0 bridgehead atoms. The van der Waals surface area contributed by atoms with Crippen molar-refractivity contribution in [2.75, 3.05) is 20.3 Å². The van der Waals surface area contributed by atoms with Crippen molar-refractivity contribution in [3.05, 3.63) is 29.3 Å². The van der Waals surface area contributed by atoms with Gasteiger partial charge in [0, 0.05) is 0 Å². The smallest absolute Gasteiger partial charge is 0.326 e. The maximum Gasteiger partial charge on any atom is 0.326 e. The Labute approximate surface area is 115 Å². The predicted molar refractivity (Wildman–Crippen MR) is 75.5 cm³/mol. The Kier molecular flexibility index (Phi) is 6.36. The molecule has 0 saturated carbocycles. The second kappa shape index (κ2) is 7.79. The summed E-state index contributed by atoms with van der Waals surface area (Å²) >= 11 is 0. The average Bonchev–Trinajstić information content (AvgIpc) is 2.40. The number of methoxy groups -OCH3 is 1. The Morgan fingerprint density at radius 3 is 2.47 bits per heavy atom. The summed E-state index contributed by atoms with van der Waals surface area (Å²) in [4.78, 5) is 11.6. The van der Waals surface area contributed by atoms with Gasteiger partial charge in [0.2, 0.25) is 0 Å². The lowest BCUT2D eigenvalue weighted by atomic mass is 10.1. The number of esters is 1. The molecule has 0 amide bonds. The molecule has 4 nitrogen and oxygen atoms in total. The van der Waals surface area contributed by atoms with Crippen LogP contribution in [-0.2, 0) is 9.53 Å². The SMILES string of the molecule is CCCNC(COc1c(C)cccc1C)C(=O)OC. The summed E-state index contributed by atoms with van der Waals surface area (Å²) in [7, 11) is 1.39. The maximum atomic E-state index is 11.6. The van der Waals surface area contributed by atoms with Gasteiger partial charge in [0.15, 0.2) is 0 Å². The highest BCUT2D eigenvalue weighted by atomic mass is 16.5. The molecule has 1 aromatic carbocycles. The van der Waals surface area contributed by atoms with E-state index in [9.17, 15) is 4.79 Å². The van der Waals surface area contributed by atoms with E-state index in [2.05, 4.69) is 5.32 Å². The number of carbonyl (C=O) groups excluding carboxylic acids is 1. The minimum Gasteiger partial charge on any atom is -0.491 e. The van der Waals surface area contributed by atoms with Crippen molar-refractivity contribution < 1.29 is 14.3 Å². The number of para-hydroxylation sites is 1. The molecule has 0 fully saturated rings. The molecule has 0 saturated heterocycles. The van der Waals surface area contributed by atoms with Crippen LogP contribution in [0.3, 0.4) is 0 Å². The Hall–Kier alpha value is -1.55. The van der Waals surface area contributed by atoms with Gasteiger partial charge in [-0.25, -0.2) is 0 Å². The topological polar surface area (TPSA) is 47.6 Å². The molecular weight excluding hydrogens is 242 g/mol. The van der Waals surface area contributed by atoms with Crippen molar-refractivity contribution in [2.24, 2.45) is 0 Å². The third-order valence-electron chi connectivity index (χ3n) is 2.93. The molecule has 19 heavy (non-hydrogen) atoms. The Bertz CT molecular complexity index is 398. The number of aryl methyl sites for hydroxylation is 2. The van der Waals surface area contributed by atoms with Gasteiger partial charge in [0.1, 0.15) is 18.4 Å². The highest BCUT2D eigenvalue weighted by Crippen LogP contribution is 2.22. The predicted octanol–water partition coefficient (Wildman–Crippen LogP) is 2.22. The fraction of sp³-hybridized carbons (Fsp3) is 0.533. The standard InChI is InChI=1S/C15H23NO3/c1-5-9-16-13(15(17)18-4)10-19-14-11(2)7-6-8-12(14)3/h6-8,13,16H,5,9-10H2,1-4H3. The molecule has 106 valence electrons. The normalized spacial score (nSPS) is 12.0. The van der Waals surface area contributed by atoms with Gasteiger partial charge in [0.25, 0.3) is 0 Å². The van der Waals surface area contributed by atoms with Crippen LogP contribution in [0.2, 0.25) is 0 Å². The number of hydrogen-bond donors (Lipinski definition) is 1. The Morgan fingerprint density at radius 2 is 1.95 bits per heavy atom. The van der Waals surface area contributed by atoms with E-state index >= 15 is 0 Å². The van der Waals surface area contributed by atoms with Crippen LogP contribution >= 0.6 is 0 Å². The van der Waals surface area contributed by atoms with Crippen LogP contribution in [0.5, 0.6) is 5.75 Å². The van der Waals surface area contributed by atoms with Gasteiger partial charge in [-0.2, -0.15) is 0 Å². The number of hydrogen-bond acceptors (Lipinski definition) is 4. The van der Waals surface area contributed by atoms with E-state index < -0.39 is 6.04 Å². The molecule has 0 heterocycles. The number of rotatable bonds is 7. The first-order valence-electron chi connectivity index (χ1n) is 6.60. The largest absolute Gasteiger partial charge is 0.491 e. The van der Waals surface area contributed by atoms with E-state index in [0.717, 1.165) is 29.8 Å². The quantitative estimate of drug-likeness (QED) is 0.768. The fourth-order valence-corrected chi connectivity index (χ4v) is 1.86. The van der Waals surface area contributed by atoms with Gasteiger partial charge in [-0.05, 0) is 37.9 Å². The van der Waals surface area contributed by atoms with Crippen molar-refractivity contribution in [1.29, 1.82) is 0 Å². The Morgan fingerprint density at radius 1 is 1.32 bits per heavy atom. The number of benzene rings is 1. The highest BCUT2D eigenvalue weighted by molar-refractivity contribution is 5.75. The molecule has 0 aliphatic heterocycles. The van der Waals surface area contributed by atoms with Crippen molar-refractivity contribution in [3.63, 3.8) is 0 Å². The zero-order valence-corrected chi connectivity index (χ0v) is 12.2. The second-order valence-corrected chi connectivity index (χ2v) is 4.56. The Balaban J connectivity index is 2.67. The molecule has 1 unspecified atom stereocenters. The summed E-state index contributed by atoms with van der Waals surface area (Å²) in [5.74, 6) is 0.550. The first kappa shape index (κ1) is 15.5. The van der Waals surface area contributed by atoms with Gasteiger partial charge in [-0.1, -0.05) is 25.1 Å². The molecule has 1 aromatic rings. The maximum absolute atomic E-state index is 11.6. The summed E-state index contributed by atoms with van der Waals surface area (Å²) < 4.78 is 10.6. The second-order valence-electron chi connectivity index (χ2n) is 4.56. The minimum atomic E-state index is -0.427. The van der Waals surface area contributed by atoms with Crippen LogP contribution in [-0.4, -0.2) is 32.3 Å². The fourth-order valence-electron chi connectivity index (χ4n) is 1.86. The monoisotopic (exact) mass is 265 g/mol. The van der Waals surface area contributed by atoms with Crippen molar-refractivity contribution in [2.45, 2.75) is 33.2 Å². The lowest BCUT2D eigenvalue weighted by Crippen LogP contribution is -2.42. The summed E-state index contributed by atoms with van der Waals surface area (Å²) in [5.41, 5.74) is 2.14. The van der Waals surface area contributed by atoms with E-state index in [0.29, 0.717) is 0 Å². The summed E-state index contributed by atoms with van der Waals surface area (Å²) in [6, 6.07) is 5.55. The van der Waals surface area contributed by atoms with Crippen molar-refractivity contribution in [3.8, 4) is 5.75 Å². The van der Waals surface area contributed by atoms with Gasteiger partial charge < -0.3 is 14.8 Å². The molecule has 1 atom stereocenters. The first-order valence-corrected chi connectivity index (χ1v) is 6.60. The van der Waals surface area contributed by atoms with Crippen LogP contribution < -0.4 is 10.1 Å². The third kappa shape index (κ3) is 4.56. The van der Waals surface area contributed by atoms with Crippen LogP contribution in [0.1, 0.15) is 24.5 Å². The lowest BCUT2D eigenvalue weighted by molar-refractivity contribution is -0.143. The number of ether oxygens (including phenoxy) is 2. The van der Waals surface area contributed by atoms with Crippen LogP contribution in [0, 0.1) is 13.8 Å². The van der Waals surface area contributed by atoms with Crippen molar-refractivity contribution in [1.82, 2.24) is 5.32 Å². The third-order valence-corrected chi connectivity index (χ3v) is 2.93. The van der Waals surface area contributed by atoms with Crippen LogP contribution in [0.25, 0.3) is 0 Å². The van der Waals surface area contributed by atoms with Gasteiger partial charge in [-0.3, -0.25) is 4.79 Å². The van der Waals surface area contributed by atoms with E-state index in [-0.39, 0.29) is 12.6 Å². The molecule has 0 aliphatic rings. The van der Waals surface area contributed by atoms with Crippen molar-refractivity contribution >= 4 is 5.97 Å². The molecule has 1 rings (SSSR count). The molecule has 0 aliphatic carbocycles. The van der Waals surface area contributed by atoms with Crippen LogP contribution in [0.4, 0.5) is 0 Å². The summed E-state index contributed by atoms with van der Waals surface area (Å²) in [6.07, 6.45) is 0.955. The molecule has 1 N–H and O–H groups in total. The van der Waals surface area contributed by atoms with Gasteiger partial charge in [-0.15, -0.1) is 0 Å². The zero-order chi connectivity index (χ0) is 14.3. The van der Waals surface area contributed by atoms with E-state index in [1.807, 2.05) is 39.0 Å². The molecule has 0 aromatic heterocycles. The minimum absolute atomic E-state index is 0.276. The highest BCUT2D eigenvalue weighted by Gasteiger charge is 2.19. The molecule has 4 heteroatoms. The summed E-state index contributed by atoms with van der Waals surface area (Å²) in [6.45, 7) is 7.08. The molecule has 0 spiro atoms. The molecular formula is C15H23NO3. The zero-order valence-electron chi connectivity index (χ0n) is 12.2. The number of carbonyl (C=O) groups is 1. The average molecular weight is 265 g/mol. The van der Waals surface area contributed by atoms with E-state index in [4.69, 9.17) is 9.47 Å². The van der Waals surface area contributed by atoms with E-state index in [1.165, 1.54) is 7.11 Å². The number of nitrogens with one attached hydrogen (secondary N) is 1.